The predicted molar refractivity (Wildman–Crippen MR) is 62.4 cm³/mol. The van der Waals surface area contributed by atoms with Crippen LogP contribution in [-0.4, -0.2) is 55.2 Å². The topological polar surface area (TPSA) is 101 Å². The molecule has 1 N–H and O–H groups in total. The number of carboxylic acid groups (broad SMARTS) is 1. The van der Waals surface area contributed by atoms with Crippen molar-refractivity contribution in [1.82, 2.24) is 4.31 Å². The molecule has 0 aromatic heterocycles. The second kappa shape index (κ2) is 6.14. The Morgan fingerprint density at radius 1 is 1.39 bits per heavy atom. The third-order valence-corrected chi connectivity index (χ3v) is 4.66. The van der Waals surface area contributed by atoms with Crippen LogP contribution in [0.2, 0.25) is 0 Å². The fraction of sp³-hybridized carbons (Fsp3) is 0.800. The molecule has 0 radical (unpaired) electrons. The van der Waals surface area contributed by atoms with E-state index in [-0.39, 0.29) is 13.0 Å². The number of rotatable bonds is 5. The van der Waals surface area contributed by atoms with Crippen molar-refractivity contribution in [1.29, 1.82) is 0 Å². The van der Waals surface area contributed by atoms with Crippen LogP contribution in [0, 0.1) is 0 Å². The number of piperidine rings is 1. The van der Waals surface area contributed by atoms with Crippen LogP contribution in [0.5, 0.6) is 0 Å². The average molecular weight is 279 g/mol. The van der Waals surface area contributed by atoms with Gasteiger partial charge in [0, 0.05) is 12.6 Å². The van der Waals surface area contributed by atoms with Gasteiger partial charge in [-0.15, -0.1) is 0 Å². The summed E-state index contributed by atoms with van der Waals surface area (Å²) < 4.78 is 29.4. The number of ether oxygens (including phenoxy) is 1. The highest BCUT2D eigenvalue weighted by molar-refractivity contribution is 7.89. The van der Waals surface area contributed by atoms with Crippen LogP contribution in [0.25, 0.3) is 0 Å². The minimum absolute atomic E-state index is 0.236. The van der Waals surface area contributed by atoms with Crippen LogP contribution in [0.4, 0.5) is 0 Å². The van der Waals surface area contributed by atoms with Crippen LogP contribution in [0.3, 0.4) is 0 Å². The predicted octanol–water partition coefficient (Wildman–Crippen LogP) is -0.182. The molecule has 0 amide bonds. The molecule has 1 atom stereocenters. The van der Waals surface area contributed by atoms with Gasteiger partial charge in [-0.1, -0.05) is 6.42 Å². The van der Waals surface area contributed by atoms with E-state index in [4.69, 9.17) is 5.11 Å². The molecule has 1 unspecified atom stereocenters. The Balaban J connectivity index is 2.82. The summed E-state index contributed by atoms with van der Waals surface area (Å²) in [7, 11) is -2.68. The largest absolute Gasteiger partial charge is 0.481 e. The maximum absolute atomic E-state index is 12.0. The van der Waals surface area contributed by atoms with Gasteiger partial charge in [-0.25, -0.2) is 8.42 Å². The molecule has 1 saturated heterocycles. The van der Waals surface area contributed by atoms with Crippen molar-refractivity contribution in [3.8, 4) is 0 Å². The minimum Gasteiger partial charge on any atom is -0.481 e. The number of carbonyl (C=O) groups excluding carboxylic acids is 1. The highest BCUT2D eigenvalue weighted by atomic mass is 32.2. The summed E-state index contributed by atoms with van der Waals surface area (Å²) in [5.74, 6) is -2.62. The van der Waals surface area contributed by atoms with E-state index in [0.29, 0.717) is 12.8 Å². The van der Waals surface area contributed by atoms with Gasteiger partial charge < -0.3 is 9.84 Å². The molecule has 7 nitrogen and oxygen atoms in total. The van der Waals surface area contributed by atoms with Crippen molar-refractivity contribution < 1.29 is 27.9 Å². The van der Waals surface area contributed by atoms with Gasteiger partial charge in [0.15, 0.2) is 5.75 Å². The van der Waals surface area contributed by atoms with Gasteiger partial charge in [-0.3, -0.25) is 9.59 Å². The first-order valence-electron chi connectivity index (χ1n) is 5.65. The lowest BCUT2D eigenvalue weighted by Gasteiger charge is -2.33. The SMILES string of the molecule is COC(=O)CS(=O)(=O)N1CCCCC1CC(=O)O. The molecule has 0 aromatic carbocycles. The molecule has 104 valence electrons. The van der Waals surface area contributed by atoms with Crippen LogP contribution >= 0.6 is 0 Å². The second-order valence-electron chi connectivity index (χ2n) is 4.19. The molecule has 1 aliphatic heterocycles. The van der Waals surface area contributed by atoms with E-state index in [1.165, 1.54) is 0 Å². The van der Waals surface area contributed by atoms with Crippen LogP contribution in [0.1, 0.15) is 25.7 Å². The van der Waals surface area contributed by atoms with Crippen molar-refractivity contribution in [2.45, 2.75) is 31.7 Å². The zero-order valence-corrected chi connectivity index (χ0v) is 11.0. The summed E-state index contributed by atoms with van der Waals surface area (Å²) in [6.45, 7) is 0.261. The van der Waals surface area contributed by atoms with E-state index in [0.717, 1.165) is 17.8 Å². The van der Waals surface area contributed by atoms with E-state index in [9.17, 15) is 18.0 Å². The molecule has 1 heterocycles. The maximum Gasteiger partial charge on any atom is 0.322 e. The quantitative estimate of drug-likeness (QED) is 0.700. The molecule has 1 rings (SSSR count). The number of carbonyl (C=O) groups is 2. The summed E-state index contributed by atoms with van der Waals surface area (Å²) in [5, 5.41) is 8.76. The smallest absolute Gasteiger partial charge is 0.322 e. The van der Waals surface area contributed by atoms with E-state index in [1.54, 1.807) is 0 Å². The number of nitrogens with zero attached hydrogens (tertiary/aromatic N) is 1. The lowest BCUT2D eigenvalue weighted by Crippen LogP contribution is -2.46. The number of esters is 1. The Hall–Kier alpha value is -1.15. The molecule has 0 aliphatic carbocycles. The number of carboxylic acids is 1. The van der Waals surface area contributed by atoms with Gasteiger partial charge in [0.2, 0.25) is 10.0 Å². The first kappa shape index (κ1) is 14.9. The zero-order chi connectivity index (χ0) is 13.8. The van der Waals surface area contributed by atoms with Gasteiger partial charge in [-0.05, 0) is 12.8 Å². The first-order valence-corrected chi connectivity index (χ1v) is 7.26. The molecule has 0 saturated carbocycles. The highest BCUT2D eigenvalue weighted by Crippen LogP contribution is 2.23. The third-order valence-electron chi connectivity index (χ3n) is 2.87. The molecule has 8 heteroatoms. The first-order chi connectivity index (χ1) is 8.36. The van der Waals surface area contributed by atoms with Gasteiger partial charge >= 0.3 is 11.9 Å². The van der Waals surface area contributed by atoms with Crippen LogP contribution < -0.4 is 0 Å². The maximum atomic E-state index is 12.0. The summed E-state index contributed by atoms with van der Waals surface area (Å²) in [5.41, 5.74) is 0. The van der Waals surface area contributed by atoms with Gasteiger partial charge in [0.1, 0.15) is 0 Å². The monoisotopic (exact) mass is 279 g/mol. The Labute approximate surface area is 106 Å². The van der Waals surface area contributed by atoms with Crippen LogP contribution in [0.15, 0.2) is 0 Å². The van der Waals surface area contributed by atoms with E-state index >= 15 is 0 Å². The standard InChI is InChI=1S/C10H17NO6S/c1-17-10(14)7-18(15,16)11-5-3-2-4-8(11)6-9(12)13/h8H,2-7H2,1H3,(H,12,13). The van der Waals surface area contributed by atoms with E-state index in [2.05, 4.69) is 4.74 Å². The Bertz CT molecular complexity index is 418. The number of methoxy groups -OCH3 is 1. The average Bonchev–Trinajstić information content (AvgIpc) is 2.28. The molecule has 0 spiro atoms. The molecular formula is C10H17NO6S. The van der Waals surface area contributed by atoms with Crippen molar-refractivity contribution >= 4 is 22.0 Å². The second-order valence-corrected chi connectivity index (χ2v) is 6.11. The fourth-order valence-corrected chi connectivity index (χ4v) is 3.66. The number of aliphatic carboxylic acids is 1. The fourth-order valence-electron chi connectivity index (χ4n) is 2.04. The van der Waals surface area contributed by atoms with E-state index in [1.807, 2.05) is 0 Å². The lowest BCUT2D eigenvalue weighted by atomic mass is 10.0. The molecule has 0 bridgehead atoms. The lowest BCUT2D eigenvalue weighted by molar-refractivity contribution is -0.138. The van der Waals surface area contributed by atoms with Gasteiger partial charge in [0.05, 0.1) is 13.5 Å². The van der Waals surface area contributed by atoms with Crippen LogP contribution in [-0.2, 0) is 24.3 Å². The molecule has 18 heavy (non-hydrogen) atoms. The van der Waals surface area contributed by atoms with Crippen molar-refractivity contribution in [3.63, 3.8) is 0 Å². The summed E-state index contributed by atoms with van der Waals surface area (Å²) in [4.78, 5) is 21.8. The summed E-state index contributed by atoms with van der Waals surface area (Å²) in [6.07, 6.45) is 1.74. The molecule has 1 fully saturated rings. The highest BCUT2D eigenvalue weighted by Gasteiger charge is 2.34. The van der Waals surface area contributed by atoms with Crippen molar-refractivity contribution in [3.05, 3.63) is 0 Å². The number of sulfonamides is 1. The number of hydrogen-bond acceptors (Lipinski definition) is 5. The zero-order valence-electron chi connectivity index (χ0n) is 10.2. The van der Waals surface area contributed by atoms with Crippen molar-refractivity contribution in [2.75, 3.05) is 19.4 Å². The van der Waals surface area contributed by atoms with Crippen molar-refractivity contribution in [2.24, 2.45) is 0 Å². The molecular weight excluding hydrogens is 262 g/mol. The van der Waals surface area contributed by atoms with Gasteiger partial charge in [0.25, 0.3) is 0 Å². The Morgan fingerprint density at radius 3 is 2.61 bits per heavy atom. The molecule has 0 aromatic rings. The van der Waals surface area contributed by atoms with E-state index < -0.39 is 33.8 Å². The molecule has 1 aliphatic rings. The van der Waals surface area contributed by atoms with Gasteiger partial charge in [-0.2, -0.15) is 4.31 Å². The third kappa shape index (κ3) is 3.95. The summed E-state index contributed by atoms with van der Waals surface area (Å²) >= 11 is 0. The number of hydrogen-bond donors (Lipinski definition) is 1. The normalized spacial score (nSPS) is 21.5. The Morgan fingerprint density at radius 2 is 2.06 bits per heavy atom. The summed E-state index contributed by atoms with van der Waals surface area (Å²) in [6, 6.07) is -0.564. The minimum atomic E-state index is -3.79. The Kier molecular flexibility index (Phi) is 5.09.